The lowest BCUT2D eigenvalue weighted by Crippen LogP contribution is -2.20. The van der Waals surface area contributed by atoms with E-state index in [0.717, 1.165) is 21.1 Å². The second kappa shape index (κ2) is 8.09. The fourth-order valence-electron chi connectivity index (χ4n) is 2.56. The minimum atomic E-state index is -0.366. The summed E-state index contributed by atoms with van der Waals surface area (Å²) in [4.78, 5) is 15.8. The van der Waals surface area contributed by atoms with Crippen molar-refractivity contribution in [3.05, 3.63) is 70.8 Å². The molecular formula is C20H19BrN4O2. The molecule has 0 fully saturated rings. The van der Waals surface area contributed by atoms with Crippen LogP contribution in [-0.4, -0.2) is 23.2 Å². The number of H-pyrrole nitrogens is 1. The molecule has 7 heteroatoms. The van der Waals surface area contributed by atoms with E-state index in [-0.39, 0.29) is 5.91 Å². The Labute approximate surface area is 165 Å². The molecule has 0 aliphatic carbocycles. The Morgan fingerprint density at radius 1 is 1.33 bits per heavy atom. The third kappa shape index (κ3) is 4.38. The number of carbonyl (C=O) groups is 1. The molecule has 0 saturated carbocycles. The van der Waals surface area contributed by atoms with Crippen molar-refractivity contribution in [1.82, 2.24) is 10.4 Å². The lowest BCUT2D eigenvalue weighted by Gasteiger charge is -2.09. The van der Waals surface area contributed by atoms with Crippen LogP contribution in [0.5, 0.6) is 5.75 Å². The zero-order valence-electron chi connectivity index (χ0n) is 14.8. The number of nitrogens with zero attached hydrogens (tertiary/aromatic N) is 1. The van der Waals surface area contributed by atoms with E-state index in [0.29, 0.717) is 29.3 Å². The molecule has 0 spiro atoms. The highest BCUT2D eigenvalue weighted by atomic mass is 79.9. The Balaban J connectivity index is 1.80. The van der Waals surface area contributed by atoms with Gasteiger partial charge in [-0.15, -0.1) is 0 Å². The van der Waals surface area contributed by atoms with Gasteiger partial charge >= 0.3 is 0 Å². The summed E-state index contributed by atoms with van der Waals surface area (Å²) in [6.07, 6.45) is 1.62. The van der Waals surface area contributed by atoms with E-state index in [9.17, 15) is 4.79 Å². The SMILES string of the molecule is C=CCOc1ccc(Br)cc1C(=O)N/N=C(\C)c1cc2cc(N)ccc2[nH]1. The first-order chi connectivity index (χ1) is 13.0. The third-order valence-electron chi connectivity index (χ3n) is 3.90. The molecule has 3 aromatic rings. The Kier molecular flexibility index (Phi) is 5.61. The Morgan fingerprint density at radius 3 is 2.93 bits per heavy atom. The number of aromatic nitrogens is 1. The molecule has 0 radical (unpaired) electrons. The van der Waals surface area contributed by atoms with Crippen molar-refractivity contribution in [3.63, 3.8) is 0 Å². The van der Waals surface area contributed by atoms with E-state index in [1.807, 2.05) is 31.2 Å². The maximum Gasteiger partial charge on any atom is 0.275 e. The number of nitrogen functional groups attached to an aromatic ring is 1. The zero-order chi connectivity index (χ0) is 19.4. The number of rotatable bonds is 6. The van der Waals surface area contributed by atoms with Gasteiger partial charge in [-0.25, -0.2) is 5.43 Å². The molecule has 0 aliphatic rings. The summed E-state index contributed by atoms with van der Waals surface area (Å²) in [5.74, 6) is 0.0969. The van der Waals surface area contributed by atoms with Crippen molar-refractivity contribution in [2.24, 2.45) is 5.10 Å². The smallest absolute Gasteiger partial charge is 0.275 e. The Morgan fingerprint density at radius 2 is 2.15 bits per heavy atom. The van der Waals surface area contributed by atoms with Crippen LogP contribution in [0.25, 0.3) is 10.9 Å². The lowest BCUT2D eigenvalue weighted by atomic mass is 10.2. The van der Waals surface area contributed by atoms with E-state index in [2.05, 4.69) is 38.0 Å². The summed E-state index contributed by atoms with van der Waals surface area (Å²) in [6.45, 7) is 5.73. The predicted molar refractivity (Wildman–Crippen MR) is 112 cm³/mol. The largest absolute Gasteiger partial charge is 0.489 e. The van der Waals surface area contributed by atoms with Crippen LogP contribution in [0.3, 0.4) is 0 Å². The summed E-state index contributed by atoms with van der Waals surface area (Å²) in [5, 5.41) is 5.19. The van der Waals surface area contributed by atoms with Gasteiger partial charge in [-0.2, -0.15) is 5.10 Å². The molecular weight excluding hydrogens is 408 g/mol. The van der Waals surface area contributed by atoms with Crippen LogP contribution in [0.2, 0.25) is 0 Å². The monoisotopic (exact) mass is 426 g/mol. The lowest BCUT2D eigenvalue weighted by molar-refractivity contribution is 0.0951. The molecule has 6 nitrogen and oxygen atoms in total. The van der Waals surface area contributed by atoms with Gasteiger partial charge in [0, 0.05) is 21.1 Å². The molecule has 27 heavy (non-hydrogen) atoms. The summed E-state index contributed by atoms with van der Waals surface area (Å²) >= 11 is 3.37. The molecule has 0 atom stereocenters. The first-order valence-corrected chi connectivity index (χ1v) is 9.03. The van der Waals surface area contributed by atoms with Gasteiger partial charge in [-0.05, 0) is 49.4 Å². The molecule has 2 aromatic carbocycles. The quantitative estimate of drug-likeness (QED) is 0.238. The Bertz CT molecular complexity index is 1040. The standard InChI is InChI=1S/C20H19BrN4O2/c1-3-8-27-19-7-4-14(21)11-16(19)20(26)25-24-12(2)18-10-13-9-15(22)5-6-17(13)23-18/h3-7,9-11,23H,1,8,22H2,2H3,(H,25,26)/b24-12+. The summed E-state index contributed by atoms with van der Waals surface area (Å²) in [7, 11) is 0. The molecule has 1 aromatic heterocycles. The van der Waals surface area contributed by atoms with E-state index in [1.165, 1.54) is 0 Å². The van der Waals surface area contributed by atoms with Gasteiger partial charge in [0.05, 0.1) is 17.0 Å². The number of carbonyl (C=O) groups excluding carboxylic acids is 1. The van der Waals surface area contributed by atoms with Crippen molar-refractivity contribution in [1.29, 1.82) is 0 Å². The highest BCUT2D eigenvalue weighted by Gasteiger charge is 2.13. The van der Waals surface area contributed by atoms with Gasteiger partial charge in [0.25, 0.3) is 5.91 Å². The van der Waals surface area contributed by atoms with Gasteiger partial charge < -0.3 is 15.5 Å². The van der Waals surface area contributed by atoms with E-state index >= 15 is 0 Å². The second-order valence-corrected chi connectivity index (χ2v) is 6.82. The van der Waals surface area contributed by atoms with Crippen molar-refractivity contribution in [2.75, 3.05) is 12.3 Å². The average Bonchev–Trinajstić information content (AvgIpc) is 3.08. The Hall–Kier alpha value is -3.06. The van der Waals surface area contributed by atoms with Crippen LogP contribution >= 0.6 is 15.9 Å². The highest BCUT2D eigenvalue weighted by Crippen LogP contribution is 2.23. The minimum absolute atomic E-state index is 0.308. The first-order valence-electron chi connectivity index (χ1n) is 8.24. The van der Waals surface area contributed by atoms with Crippen molar-refractivity contribution < 1.29 is 9.53 Å². The normalized spacial score (nSPS) is 11.4. The number of ether oxygens (including phenoxy) is 1. The van der Waals surface area contributed by atoms with Gasteiger partial charge in [0.2, 0.25) is 0 Å². The topological polar surface area (TPSA) is 92.5 Å². The van der Waals surface area contributed by atoms with Crippen LogP contribution in [0.15, 0.2) is 64.7 Å². The number of benzene rings is 2. The zero-order valence-corrected chi connectivity index (χ0v) is 16.3. The molecule has 4 N–H and O–H groups in total. The van der Waals surface area contributed by atoms with Crippen LogP contribution in [-0.2, 0) is 0 Å². The number of hydrogen-bond donors (Lipinski definition) is 3. The molecule has 1 heterocycles. The van der Waals surface area contributed by atoms with E-state index in [4.69, 9.17) is 10.5 Å². The summed E-state index contributed by atoms with van der Waals surface area (Å²) in [5.41, 5.74) is 11.8. The molecule has 0 unspecified atom stereocenters. The molecule has 0 bridgehead atoms. The third-order valence-corrected chi connectivity index (χ3v) is 4.40. The maximum absolute atomic E-state index is 12.6. The van der Waals surface area contributed by atoms with Gasteiger partial charge in [-0.3, -0.25) is 4.79 Å². The fourth-order valence-corrected chi connectivity index (χ4v) is 2.92. The van der Waals surface area contributed by atoms with Gasteiger partial charge in [-0.1, -0.05) is 28.6 Å². The number of hydrazone groups is 1. The van der Waals surface area contributed by atoms with Crippen molar-refractivity contribution in [2.45, 2.75) is 6.92 Å². The average molecular weight is 427 g/mol. The van der Waals surface area contributed by atoms with Crippen LogP contribution in [0, 0.1) is 0 Å². The first kappa shape index (κ1) is 18.7. The van der Waals surface area contributed by atoms with Crippen LogP contribution < -0.4 is 15.9 Å². The number of nitrogens with two attached hydrogens (primary N) is 1. The number of halogens is 1. The van der Waals surface area contributed by atoms with Crippen LogP contribution in [0.4, 0.5) is 5.69 Å². The highest BCUT2D eigenvalue weighted by molar-refractivity contribution is 9.10. The fraction of sp³-hybridized carbons (Fsp3) is 0.100. The number of nitrogens with one attached hydrogen (secondary N) is 2. The number of hydrogen-bond acceptors (Lipinski definition) is 4. The minimum Gasteiger partial charge on any atom is -0.489 e. The summed E-state index contributed by atoms with van der Waals surface area (Å²) in [6, 6.07) is 12.8. The molecule has 138 valence electrons. The summed E-state index contributed by atoms with van der Waals surface area (Å²) < 4.78 is 6.31. The van der Waals surface area contributed by atoms with Gasteiger partial charge in [0.15, 0.2) is 0 Å². The number of fused-ring (bicyclic) bond motifs is 1. The number of aromatic amines is 1. The number of anilines is 1. The molecule has 0 saturated heterocycles. The molecule has 3 rings (SSSR count). The second-order valence-electron chi connectivity index (χ2n) is 5.91. The van der Waals surface area contributed by atoms with E-state index in [1.54, 1.807) is 24.3 Å². The predicted octanol–water partition coefficient (Wildman–Crippen LogP) is 4.23. The maximum atomic E-state index is 12.6. The number of amides is 1. The van der Waals surface area contributed by atoms with Crippen molar-refractivity contribution >= 4 is 44.1 Å². The molecule has 0 aliphatic heterocycles. The van der Waals surface area contributed by atoms with Crippen molar-refractivity contribution in [3.8, 4) is 5.75 Å². The van der Waals surface area contributed by atoms with Gasteiger partial charge in [0.1, 0.15) is 12.4 Å². The van der Waals surface area contributed by atoms with E-state index < -0.39 is 0 Å². The van der Waals surface area contributed by atoms with Crippen LogP contribution in [0.1, 0.15) is 23.0 Å². The molecule has 1 amide bonds.